The van der Waals surface area contributed by atoms with Crippen molar-refractivity contribution in [1.29, 1.82) is 0 Å². The zero-order valence-electron chi connectivity index (χ0n) is 22.1. The van der Waals surface area contributed by atoms with Crippen molar-refractivity contribution in [2.24, 2.45) is 4.99 Å². The number of aromatic amines is 1. The van der Waals surface area contributed by atoms with Crippen LogP contribution in [0.4, 0.5) is 0 Å². The Balaban J connectivity index is 1.79. The van der Waals surface area contributed by atoms with Gasteiger partial charge in [-0.25, -0.2) is 4.99 Å². The van der Waals surface area contributed by atoms with Crippen molar-refractivity contribution in [2.45, 2.75) is 26.8 Å². The van der Waals surface area contributed by atoms with Crippen molar-refractivity contribution in [2.75, 3.05) is 27.3 Å². The molecule has 2 aromatic heterocycles. The van der Waals surface area contributed by atoms with Crippen molar-refractivity contribution >= 4 is 34.2 Å². The average Bonchev–Trinajstić information content (AvgIpc) is 3.48. The number of hydrogen-bond acceptors (Lipinski definition) is 6. The highest BCUT2D eigenvalue weighted by atomic mass is 32.1. The molecule has 5 rings (SSSR count). The molecule has 0 saturated heterocycles. The minimum atomic E-state index is -0.727. The van der Waals surface area contributed by atoms with Crippen molar-refractivity contribution in [3.05, 3.63) is 90.7 Å². The monoisotopic (exact) mass is 530 g/mol. The van der Waals surface area contributed by atoms with Crippen LogP contribution >= 0.6 is 11.3 Å². The third-order valence-corrected chi connectivity index (χ3v) is 7.92. The number of methoxy groups -OCH3 is 2. The molecule has 38 heavy (non-hydrogen) atoms. The number of carbonyl (C=O) groups is 1. The number of H-pyrrole nitrogens is 1. The summed E-state index contributed by atoms with van der Waals surface area (Å²) in [7, 11) is 3.16. The lowest BCUT2D eigenvalue weighted by Gasteiger charge is -2.30. The van der Waals surface area contributed by atoms with Crippen molar-refractivity contribution in [3.8, 4) is 11.5 Å². The van der Waals surface area contributed by atoms with Crippen LogP contribution in [0.1, 0.15) is 37.9 Å². The number of allylic oxidation sites excluding steroid dienone is 1. The highest BCUT2D eigenvalue weighted by Gasteiger charge is 2.36. The first kappa shape index (κ1) is 25.5. The number of thiazole rings is 1. The Hall–Kier alpha value is -4.11. The Morgan fingerprint density at radius 1 is 1.16 bits per heavy atom. The van der Waals surface area contributed by atoms with Crippen molar-refractivity contribution in [3.63, 3.8) is 0 Å². The number of nitrogens with zero attached hydrogens (tertiary/aromatic N) is 3. The predicted molar refractivity (Wildman–Crippen MR) is 150 cm³/mol. The number of nitrogens with one attached hydrogen (secondary N) is 1. The van der Waals surface area contributed by atoms with Gasteiger partial charge >= 0.3 is 0 Å². The van der Waals surface area contributed by atoms with Crippen LogP contribution < -0.4 is 24.4 Å². The molecule has 4 aromatic rings. The number of likely N-dealkylation sites (N-methyl/N-ethyl adjacent to an activating group) is 1. The number of fused-ring (bicyclic) bond motifs is 2. The molecule has 1 N–H and O–H groups in total. The highest BCUT2D eigenvalue weighted by molar-refractivity contribution is 7.07. The number of carbonyl (C=O) groups excluding carboxylic acids is 1. The number of hydrogen-bond donors (Lipinski definition) is 1. The SMILES string of the molecule is CCN(CC)C(=O)C1=C(C)N=c2s/c(=C/c3c[nH]c4ccccc34)c(=O)n2C1c1cc(OC)ccc1OC. The highest BCUT2D eigenvalue weighted by Crippen LogP contribution is 2.38. The van der Waals surface area contributed by atoms with Gasteiger partial charge in [0, 0.05) is 41.3 Å². The van der Waals surface area contributed by atoms with Gasteiger partial charge in [0.1, 0.15) is 17.5 Å². The second-order valence-corrected chi connectivity index (χ2v) is 9.97. The second kappa shape index (κ2) is 10.3. The lowest BCUT2D eigenvalue weighted by molar-refractivity contribution is -0.127. The first-order valence-electron chi connectivity index (χ1n) is 12.5. The summed E-state index contributed by atoms with van der Waals surface area (Å²) in [6.45, 7) is 6.79. The second-order valence-electron chi connectivity index (χ2n) is 8.96. The number of benzene rings is 2. The molecule has 1 aliphatic heterocycles. The molecule has 3 heterocycles. The van der Waals surface area contributed by atoms with E-state index in [1.807, 2.05) is 63.4 Å². The maximum atomic E-state index is 14.0. The van der Waals surface area contributed by atoms with Gasteiger partial charge in [0.25, 0.3) is 11.5 Å². The largest absolute Gasteiger partial charge is 0.497 e. The molecular formula is C29H30N4O4S. The Morgan fingerprint density at radius 3 is 2.63 bits per heavy atom. The van der Waals surface area contributed by atoms with Crippen LogP contribution in [0.15, 0.2) is 69.7 Å². The van der Waals surface area contributed by atoms with Crippen LogP contribution in [0.25, 0.3) is 17.0 Å². The van der Waals surface area contributed by atoms with E-state index < -0.39 is 6.04 Å². The Morgan fingerprint density at radius 2 is 1.92 bits per heavy atom. The molecule has 0 aliphatic carbocycles. The summed E-state index contributed by atoms with van der Waals surface area (Å²) in [5.74, 6) is 1.00. The first-order chi connectivity index (χ1) is 18.4. The van der Waals surface area contributed by atoms with E-state index in [1.54, 1.807) is 35.8 Å². The number of aromatic nitrogens is 2. The van der Waals surface area contributed by atoms with Gasteiger partial charge < -0.3 is 19.4 Å². The summed E-state index contributed by atoms with van der Waals surface area (Å²) >= 11 is 1.31. The maximum Gasteiger partial charge on any atom is 0.271 e. The summed E-state index contributed by atoms with van der Waals surface area (Å²) in [5, 5.41) is 1.03. The van der Waals surface area contributed by atoms with E-state index in [9.17, 15) is 9.59 Å². The van der Waals surface area contributed by atoms with Crippen LogP contribution in [0, 0.1) is 0 Å². The van der Waals surface area contributed by atoms with Crippen LogP contribution in [0.2, 0.25) is 0 Å². The molecule has 0 fully saturated rings. The molecule has 0 radical (unpaired) electrons. The Labute approximate surface area is 224 Å². The van der Waals surface area contributed by atoms with Gasteiger partial charge in [-0.3, -0.25) is 14.2 Å². The zero-order valence-corrected chi connectivity index (χ0v) is 22.9. The fourth-order valence-electron chi connectivity index (χ4n) is 4.98. The van der Waals surface area contributed by atoms with Gasteiger partial charge in [-0.2, -0.15) is 0 Å². The summed E-state index contributed by atoms with van der Waals surface area (Å²) in [6, 6.07) is 12.6. The van der Waals surface area contributed by atoms with E-state index >= 15 is 0 Å². The van der Waals surface area contributed by atoms with E-state index in [-0.39, 0.29) is 11.5 Å². The first-order valence-corrected chi connectivity index (χ1v) is 13.3. The molecule has 9 heteroatoms. The lowest BCUT2D eigenvalue weighted by Crippen LogP contribution is -2.43. The van der Waals surface area contributed by atoms with Crippen LogP contribution in [0.5, 0.6) is 11.5 Å². The molecule has 1 unspecified atom stereocenters. The molecule has 0 bridgehead atoms. The molecule has 1 atom stereocenters. The minimum absolute atomic E-state index is 0.156. The van der Waals surface area contributed by atoms with Gasteiger partial charge in [0.15, 0.2) is 4.80 Å². The normalized spacial score (nSPS) is 15.4. The van der Waals surface area contributed by atoms with E-state index in [0.717, 1.165) is 16.5 Å². The van der Waals surface area contributed by atoms with E-state index in [4.69, 9.17) is 14.5 Å². The minimum Gasteiger partial charge on any atom is -0.497 e. The average molecular weight is 531 g/mol. The van der Waals surface area contributed by atoms with Gasteiger partial charge in [0.2, 0.25) is 0 Å². The molecular weight excluding hydrogens is 500 g/mol. The Kier molecular flexibility index (Phi) is 6.94. The maximum absolute atomic E-state index is 14.0. The topological polar surface area (TPSA) is 88.9 Å². The number of para-hydroxylation sites is 1. The summed E-state index contributed by atoms with van der Waals surface area (Å²) in [4.78, 5) is 38.2. The molecule has 0 saturated carbocycles. The van der Waals surface area contributed by atoms with Crippen molar-refractivity contribution in [1.82, 2.24) is 14.5 Å². The third-order valence-electron chi connectivity index (χ3n) is 6.94. The van der Waals surface area contributed by atoms with E-state index in [1.165, 1.54) is 11.3 Å². The summed E-state index contributed by atoms with van der Waals surface area (Å²) < 4.78 is 13.4. The Bertz CT molecular complexity index is 1740. The molecule has 0 spiro atoms. The van der Waals surface area contributed by atoms with Gasteiger partial charge in [-0.15, -0.1) is 0 Å². The van der Waals surface area contributed by atoms with Gasteiger partial charge in [0.05, 0.1) is 30.0 Å². The molecule has 1 aliphatic rings. The lowest BCUT2D eigenvalue weighted by atomic mass is 9.93. The molecule has 8 nitrogen and oxygen atoms in total. The molecule has 2 aromatic carbocycles. The number of ether oxygens (including phenoxy) is 2. The fraction of sp³-hybridized carbons (Fsp3) is 0.276. The van der Waals surface area contributed by atoms with Crippen molar-refractivity contribution < 1.29 is 14.3 Å². The van der Waals surface area contributed by atoms with Gasteiger partial charge in [-0.1, -0.05) is 29.5 Å². The van der Waals surface area contributed by atoms with E-state index in [2.05, 4.69) is 4.98 Å². The van der Waals surface area contributed by atoms with Crippen LogP contribution in [0.3, 0.4) is 0 Å². The molecule has 1 amide bonds. The third kappa shape index (κ3) is 4.22. The zero-order chi connectivity index (χ0) is 27.0. The fourth-order valence-corrected chi connectivity index (χ4v) is 6.02. The molecule has 196 valence electrons. The smallest absolute Gasteiger partial charge is 0.271 e. The number of amides is 1. The van der Waals surface area contributed by atoms with Gasteiger partial charge in [-0.05, 0) is 51.1 Å². The van der Waals surface area contributed by atoms with Crippen LogP contribution in [-0.2, 0) is 4.79 Å². The summed E-state index contributed by atoms with van der Waals surface area (Å²) in [6.07, 6.45) is 3.78. The summed E-state index contributed by atoms with van der Waals surface area (Å²) in [5.41, 5.74) is 3.38. The predicted octanol–water partition coefficient (Wildman–Crippen LogP) is 3.60. The number of rotatable bonds is 7. The quantitative estimate of drug-likeness (QED) is 0.396. The van der Waals surface area contributed by atoms with E-state index in [0.29, 0.717) is 50.8 Å². The standard InChI is InChI=1S/C29H30N4O4S/c1-6-32(7-2)28(35)25-17(3)31-29-33(26(25)21-15-19(36-4)12-13-23(21)37-5)27(34)24(38-29)14-18-16-30-22-11-9-8-10-20(18)22/h8-16,26,30H,6-7H2,1-5H3/b24-14+. The van der Waals surface area contributed by atoms with Crippen LogP contribution in [-0.4, -0.2) is 47.7 Å².